The summed E-state index contributed by atoms with van der Waals surface area (Å²) in [6, 6.07) is 4.88. The van der Waals surface area contributed by atoms with Gasteiger partial charge in [-0.15, -0.1) is 24.0 Å². The molecule has 7 heteroatoms. The zero-order valence-corrected chi connectivity index (χ0v) is 19.8. The Morgan fingerprint density at radius 3 is 2.46 bits per heavy atom. The first-order valence-electron chi connectivity index (χ1n) is 10.8. The number of likely N-dealkylation sites (N-methyl/N-ethyl adjacent to an activating group) is 1. The van der Waals surface area contributed by atoms with Gasteiger partial charge in [-0.1, -0.05) is 32.3 Å². The van der Waals surface area contributed by atoms with Crippen LogP contribution in [0.2, 0.25) is 0 Å². The molecule has 3 rings (SSSR count). The molecule has 0 atom stereocenters. The summed E-state index contributed by atoms with van der Waals surface area (Å²) >= 11 is 0. The van der Waals surface area contributed by atoms with Gasteiger partial charge in [-0.3, -0.25) is 0 Å². The van der Waals surface area contributed by atoms with Crippen molar-refractivity contribution < 1.29 is 0 Å². The summed E-state index contributed by atoms with van der Waals surface area (Å²) in [5, 5.41) is 6.98. The van der Waals surface area contributed by atoms with Crippen molar-refractivity contribution in [3.63, 3.8) is 0 Å². The Hall–Kier alpha value is -1.09. The van der Waals surface area contributed by atoms with Crippen LogP contribution in [0.25, 0.3) is 0 Å². The zero-order valence-electron chi connectivity index (χ0n) is 17.5. The Bertz CT molecular complexity index is 577. The third-order valence-electron chi connectivity index (χ3n) is 5.66. The topological polar surface area (TPSA) is 55.8 Å². The molecule has 158 valence electrons. The number of guanidine groups is 1. The monoisotopic (exact) mass is 500 g/mol. The molecule has 2 heterocycles. The molecule has 2 aliphatic rings. The van der Waals surface area contributed by atoms with Crippen molar-refractivity contribution in [2.45, 2.75) is 58.5 Å². The average molecular weight is 500 g/mol. The van der Waals surface area contributed by atoms with E-state index in [1.54, 1.807) is 0 Å². The Morgan fingerprint density at radius 2 is 1.86 bits per heavy atom. The molecule has 0 bridgehead atoms. The second-order valence-electron chi connectivity index (χ2n) is 7.62. The molecule has 0 radical (unpaired) electrons. The van der Waals surface area contributed by atoms with Crippen LogP contribution in [-0.2, 0) is 6.54 Å². The fourth-order valence-electron chi connectivity index (χ4n) is 3.92. The number of nitrogens with one attached hydrogen (secondary N) is 2. The summed E-state index contributed by atoms with van der Waals surface area (Å²) < 4.78 is 0. The van der Waals surface area contributed by atoms with Gasteiger partial charge in [0.2, 0.25) is 0 Å². The lowest BCUT2D eigenvalue weighted by Crippen LogP contribution is -2.46. The van der Waals surface area contributed by atoms with Gasteiger partial charge in [0.25, 0.3) is 0 Å². The van der Waals surface area contributed by atoms with Gasteiger partial charge >= 0.3 is 0 Å². The van der Waals surface area contributed by atoms with Gasteiger partial charge in [0, 0.05) is 45.0 Å². The summed E-state index contributed by atoms with van der Waals surface area (Å²) in [6.07, 6.45) is 8.52. The minimum absolute atomic E-state index is 0. The maximum atomic E-state index is 4.78. The van der Waals surface area contributed by atoms with Crippen molar-refractivity contribution >= 4 is 35.8 Å². The maximum Gasteiger partial charge on any atom is 0.191 e. The Balaban J connectivity index is 0.00000280. The summed E-state index contributed by atoms with van der Waals surface area (Å²) in [4.78, 5) is 14.3. The molecule has 28 heavy (non-hydrogen) atoms. The predicted octanol–water partition coefficient (Wildman–Crippen LogP) is 3.23. The summed E-state index contributed by atoms with van der Waals surface area (Å²) in [5.41, 5.74) is 1.16. The van der Waals surface area contributed by atoms with Gasteiger partial charge < -0.3 is 20.4 Å². The molecule has 0 spiro atoms. The van der Waals surface area contributed by atoms with Gasteiger partial charge in [0.15, 0.2) is 5.96 Å². The van der Waals surface area contributed by atoms with E-state index in [9.17, 15) is 0 Å². The highest BCUT2D eigenvalue weighted by atomic mass is 127. The number of piperazine rings is 1. The van der Waals surface area contributed by atoms with Crippen molar-refractivity contribution in [3.8, 4) is 0 Å². The predicted molar refractivity (Wildman–Crippen MR) is 129 cm³/mol. The van der Waals surface area contributed by atoms with Gasteiger partial charge in [-0.2, -0.15) is 0 Å². The van der Waals surface area contributed by atoms with Crippen molar-refractivity contribution in [3.05, 3.63) is 23.9 Å². The SMILES string of the molecule is CCNC(=NCc1ccc(N2CCN(CC)CC2)nc1)NC1CCCCC1.I. The fourth-order valence-corrected chi connectivity index (χ4v) is 3.92. The van der Waals surface area contributed by atoms with Crippen molar-refractivity contribution in [1.29, 1.82) is 0 Å². The van der Waals surface area contributed by atoms with E-state index >= 15 is 0 Å². The van der Waals surface area contributed by atoms with E-state index in [2.05, 4.69) is 46.4 Å². The highest BCUT2D eigenvalue weighted by Crippen LogP contribution is 2.17. The second kappa shape index (κ2) is 12.5. The molecular formula is C21H37IN6. The van der Waals surface area contributed by atoms with Crippen LogP contribution >= 0.6 is 24.0 Å². The molecule has 0 amide bonds. The van der Waals surface area contributed by atoms with Crippen LogP contribution in [0.4, 0.5) is 5.82 Å². The van der Waals surface area contributed by atoms with Crippen LogP contribution in [0, 0.1) is 0 Å². The third-order valence-corrected chi connectivity index (χ3v) is 5.66. The average Bonchev–Trinajstić information content (AvgIpc) is 2.73. The summed E-state index contributed by atoms with van der Waals surface area (Å²) in [7, 11) is 0. The smallest absolute Gasteiger partial charge is 0.191 e. The van der Waals surface area contributed by atoms with Crippen LogP contribution in [-0.4, -0.2) is 61.2 Å². The number of nitrogens with zero attached hydrogens (tertiary/aromatic N) is 4. The molecule has 1 aliphatic heterocycles. The fraction of sp³-hybridized carbons (Fsp3) is 0.714. The van der Waals surface area contributed by atoms with Crippen molar-refractivity contribution in [1.82, 2.24) is 20.5 Å². The standard InChI is InChI=1S/C21H36N6.HI/c1-3-22-21(25-19-8-6-5-7-9-19)24-17-18-10-11-20(23-16-18)27-14-12-26(4-2)13-15-27;/h10-11,16,19H,3-9,12-15,17H2,1-2H3,(H2,22,24,25);1H. The van der Waals surface area contributed by atoms with Crippen LogP contribution in [0.5, 0.6) is 0 Å². The molecule has 0 aromatic carbocycles. The second-order valence-corrected chi connectivity index (χ2v) is 7.62. The van der Waals surface area contributed by atoms with E-state index in [0.717, 1.165) is 56.6 Å². The lowest BCUT2D eigenvalue weighted by molar-refractivity contribution is 0.270. The van der Waals surface area contributed by atoms with Crippen LogP contribution < -0.4 is 15.5 Å². The third kappa shape index (κ3) is 7.06. The van der Waals surface area contributed by atoms with Crippen molar-refractivity contribution in [2.75, 3.05) is 44.2 Å². The Labute approximate surface area is 187 Å². The van der Waals surface area contributed by atoms with Crippen LogP contribution in [0.3, 0.4) is 0 Å². The first kappa shape index (κ1) is 23.2. The minimum atomic E-state index is 0. The molecule has 0 unspecified atom stereocenters. The summed E-state index contributed by atoms with van der Waals surface area (Å²) in [5.74, 6) is 2.02. The number of halogens is 1. The van der Waals surface area contributed by atoms with Gasteiger partial charge in [0.05, 0.1) is 6.54 Å². The maximum absolute atomic E-state index is 4.78. The molecule has 1 aromatic rings. The van der Waals surface area contributed by atoms with E-state index < -0.39 is 0 Å². The first-order valence-corrected chi connectivity index (χ1v) is 10.8. The lowest BCUT2D eigenvalue weighted by atomic mass is 9.96. The van der Waals surface area contributed by atoms with E-state index in [0.29, 0.717) is 12.6 Å². The molecule has 1 saturated carbocycles. The van der Waals surface area contributed by atoms with Gasteiger partial charge in [-0.05, 0) is 37.9 Å². The molecule has 6 nitrogen and oxygen atoms in total. The largest absolute Gasteiger partial charge is 0.357 e. The molecule has 2 fully saturated rings. The van der Waals surface area contributed by atoms with Crippen molar-refractivity contribution in [2.24, 2.45) is 4.99 Å². The molecule has 1 aromatic heterocycles. The van der Waals surface area contributed by atoms with E-state index in [1.165, 1.54) is 32.1 Å². The molecule has 1 saturated heterocycles. The first-order chi connectivity index (χ1) is 13.3. The molecular weight excluding hydrogens is 463 g/mol. The number of pyridine rings is 1. The molecule has 2 N–H and O–H groups in total. The van der Waals surface area contributed by atoms with Crippen LogP contribution in [0.15, 0.2) is 23.3 Å². The number of anilines is 1. The Kier molecular flexibility index (Phi) is 10.3. The normalized spacial score (nSPS) is 19.2. The highest BCUT2D eigenvalue weighted by molar-refractivity contribution is 14.0. The van der Waals surface area contributed by atoms with E-state index in [4.69, 9.17) is 9.98 Å². The number of hydrogen-bond acceptors (Lipinski definition) is 4. The zero-order chi connectivity index (χ0) is 18.9. The quantitative estimate of drug-likeness (QED) is 0.357. The van der Waals surface area contributed by atoms with Gasteiger partial charge in [0.1, 0.15) is 5.82 Å². The number of rotatable bonds is 6. The number of aromatic nitrogens is 1. The van der Waals surface area contributed by atoms with Crippen LogP contribution in [0.1, 0.15) is 51.5 Å². The lowest BCUT2D eigenvalue weighted by Gasteiger charge is -2.34. The highest BCUT2D eigenvalue weighted by Gasteiger charge is 2.17. The minimum Gasteiger partial charge on any atom is -0.357 e. The Morgan fingerprint density at radius 1 is 1.11 bits per heavy atom. The van der Waals surface area contributed by atoms with E-state index in [1.807, 2.05) is 6.20 Å². The van der Waals surface area contributed by atoms with E-state index in [-0.39, 0.29) is 24.0 Å². The number of hydrogen-bond donors (Lipinski definition) is 2. The van der Waals surface area contributed by atoms with Gasteiger partial charge in [-0.25, -0.2) is 9.98 Å². The molecule has 1 aliphatic carbocycles. The number of aliphatic imine (C=N–C) groups is 1. The summed E-state index contributed by atoms with van der Waals surface area (Å²) in [6.45, 7) is 11.4.